The molecule has 0 saturated heterocycles. The van der Waals surface area contributed by atoms with Gasteiger partial charge in [-0.1, -0.05) is 24.6 Å². The van der Waals surface area contributed by atoms with Gasteiger partial charge in [0.2, 0.25) is 0 Å². The van der Waals surface area contributed by atoms with Crippen molar-refractivity contribution in [2.24, 2.45) is 0 Å². The van der Waals surface area contributed by atoms with Crippen molar-refractivity contribution in [3.05, 3.63) is 29.3 Å². The molecule has 0 bridgehead atoms. The molecule has 1 aromatic rings. The van der Waals surface area contributed by atoms with Gasteiger partial charge in [-0.2, -0.15) is 0 Å². The Balaban J connectivity index is 1.86. The second-order valence-electron chi connectivity index (χ2n) is 5.70. The monoisotopic (exact) mass is 311 g/mol. The van der Waals surface area contributed by atoms with E-state index in [2.05, 4.69) is 18.3 Å². The molecule has 1 saturated carbocycles. The predicted molar refractivity (Wildman–Crippen MR) is 85.5 cm³/mol. The highest BCUT2D eigenvalue weighted by Gasteiger charge is 2.20. The van der Waals surface area contributed by atoms with E-state index in [0.29, 0.717) is 19.1 Å². The first kappa shape index (κ1) is 16.3. The molecule has 21 heavy (non-hydrogen) atoms. The van der Waals surface area contributed by atoms with Crippen LogP contribution >= 0.6 is 0 Å². The molecule has 0 unspecified atom stereocenters. The highest BCUT2D eigenvalue weighted by atomic mass is 32.2. The molecule has 118 valence electrons. The minimum Gasteiger partial charge on any atom is -0.493 e. The highest BCUT2D eigenvalue weighted by Crippen LogP contribution is 2.23. The van der Waals surface area contributed by atoms with Crippen LogP contribution in [0.2, 0.25) is 0 Å². The zero-order chi connectivity index (χ0) is 15.3. The van der Waals surface area contributed by atoms with Crippen molar-refractivity contribution in [3.63, 3.8) is 0 Å². The molecule has 5 heteroatoms. The summed E-state index contributed by atoms with van der Waals surface area (Å²) >= 11 is 0. The summed E-state index contributed by atoms with van der Waals surface area (Å²) in [5, 5.41) is 3.49. The maximum Gasteiger partial charge on any atom is 0.150 e. The fraction of sp³-hybridized carbons (Fsp3) is 0.625. The van der Waals surface area contributed by atoms with Crippen LogP contribution < -0.4 is 10.1 Å². The minimum absolute atomic E-state index is 0.199. The Bertz CT molecular complexity index is 565. The lowest BCUT2D eigenvalue weighted by Gasteiger charge is -2.13. The Morgan fingerprint density at radius 2 is 2.10 bits per heavy atom. The van der Waals surface area contributed by atoms with Crippen LogP contribution in [-0.2, 0) is 16.4 Å². The fourth-order valence-electron chi connectivity index (χ4n) is 2.13. The SMILES string of the molecule is CCS(=O)(=O)CCCOc1ccc(C)cc1CNC1CC1. The third-order valence-corrected chi connectivity index (χ3v) is 5.46. The molecule has 1 aliphatic rings. The molecule has 2 rings (SSSR count). The van der Waals surface area contributed by atoms with Gasteiger partial charge >= 0.3 is 0 Å². The first-order valence-electron chi connectivity index (χ1n) is 7.66. The van der Waals surface area contributed by atoms with Crippen molar-refractivity contribution in [1.82, 2.24) is 5.32 Å². The summed E-state index contributed by atoms with van der Waals surface area (Å²) in [5.74, 6) is 1.27. The number of rotatable bonds is 9. The molecule has 4 nitrogen and oxygen atoms in total. The molecular formula is C16H25NO3S. The highest BCUT2D eigenvalue weighted by molar-refractivity contribution is 7.91. The lowest BCUT2D eigenvalue weighted by Crippen LogP contribution is -2.17. The van der Waals surface area contributed by atoms with E-state index in [0.717, 1.165) is 17.9 Å². The van der Waals surface area contributed by atoms with E-state index in [1.807, 2.05) is 12.1 Å². The van der Waals surface area contributed by atoms with Crippen molar-refractivity contribution in [1.29, 1.82) is 0 Å². The van der Waals surface area contributed by atoms with Crippen LogP contribution in [0.25, 0.3) is 0 Å². The fourth-order valence-corrected chi connectivity index (χ4v) is 2.98. The number of ether oxygens (including phenoxy) is 1. The van der Waals surface area contributed by atoms with Gasteiger partial charge in [0, 0.05) is 23.9 Å². The van der Waals surface area contributed by atoms with Gasteiger partial charge in [-0.25, -0.2) is 8.42 Å². The van der Waals surface area contributed by atoms with Crippen LogP contribution in [0.1, 0.15) is 37.3 Å². The average Bonchev–Trinajstić information content (AvgIpc) is 3.27. The Kier molecular flexibility index (Phi) is 5.65. The normalized spacial score (nSPS) is 15.1. The summed E-state index contributed by atoms with van der Waals surface area (Å²) in [5.41, 5.74) is 2.36. The summed E-state index contributed by atoms with van der Waals surface area (Å²) < 4.78 is 28.7. The zero-order valence-corrected chi connectivity index (χ0v) is 13.7. The summed E-state index contributed by atoms with van der Waals surface area (Å²) in [6.07, 6.45) is 3.06. The average molecular weight is 311 g/mol. The molecule has 0 atom stereocenters. The second-order valence-corrected chi connectivity index (χ2v) is 8.18. The third kappa shape index (κ3) is 5.67. The zero-order valence-electron chi connectivity index (χ0n) is 12.9. The van der Waals surface area contributed by atoms with E-state index >= 15 is 0 Å². The lowest BCUT2D eigenvalue weighted by atomic mass is 10.1. The molecule has 1 N–H and O–H groups in total. The number of sulfone groups is 1. The summed E-state index contributed by atoms with van der Waals surface area (Å²) in [6.45, 7) is 5.00. The first-order chi connectivity index (χ1) is 10.00. The third-order valence-electron chi connectivity index (χ3n) is 3.67. The van der Waals surface area contributed by atoms with E-state index in [9.17, 15) is 8.42 Å². The van der Waals surface area contributed by atoms with Crippen LogP contribution in [0, 0.1) is 6.92 Å². The smallest absolute Gasteiger partial charge is 0.150 e. The van der Waals surface area contributed by atoms with Crippen molar-refractivity contribution in [2.75, 3.05) is 18.1 Å². The maximum absolute atomic E-state index is 11.4. The van der Waals surface area contributed by atoms with E-state index in [4.69, 9.17) is 4.74 Å². The molecule has 0 heterocycles. The molecule has 0 amide bonds. The molecule has 0 aliphatic heterocycles. The molecule has 0 radical (unpaired) electrons. The molecule has 1 aliphatic carbocycles. The minimum atomic E-state index is -2.90. The summed E-state index contributed by atoms with van der Waals surface area (Å²) in [7, 11) is -2.90. The Morgan fingerprint density at radius 1 is 1.33 bits per heavy atom. The standard InChI is InChI=1S/C16H25NO3S/c1-3-21(18,19)10-4-9-20-16-8-5-13(2)11-14(16)12-17-15-6-7-15/h5,8,11,15,17H,3-4,6-7,9-10,12H2,1-2H3. The van der Waals surface area contributed by atoms with Crippen molar-refractivity contribution < 1.29 is 13.2 Å². The summed E-state index contributed by atoms with van der Waals surface area (Å²) in [4.78, 5) is 0. The maximum atomic E-state index is 11.4. The van der Waals surface area contributed by atoms with Crippen LogP contribution in [0.3, 0.4) is 0 Å². The van der Waals surface area contributed by atoms with Gasteiger partial charge in [0.05, 0.1) is 12.4 Å². The first-order valence-corrected chi connectivity index (χ1v) is 9.48. The number of benzene rings is 1. The van der Waals surface area contributed by atoms with E-state index < -0.39 is 9.84 Å². The second kappa shape index (κ2) is 7.27. The van der Waals surface area contributed by atoms with Crippen molar-refractivity contribution >= 4 is 9.84 Å². The number of nitrogens with one attached hydrogen (secondary N) is 1. The molecule has 0 aromatic heterocycles. The Hall–Kier alpha value is -1.07. The predicted octanol–water partition coefficient (Wildman–Crippen LogP) is 2.45. The van der Waals surface area contributed by atoms with Crippen LogP contribution in [0.5, 0.6) is 5.75 Å². The lowest BCUT2D eigenvalue weighted by molar-refractivity contribution is 0.313. The van der Waals surface area contributed by atoms with Crippen LogP contribution in [-0.4, -0.2) is 32.6 Å². The van der Waals surface area contributed by atoms with Gasteiger partial charge < -0.3 is 10.1 Å². The van der Waals surface area contributed by atoms with Crippen LogP contribution in [0.15, 0.2) is 18.2 Å². The van der Waals surface area contributed by atoms with Crippen molar-refractivity contribution in [3.8, 4) is 5.75 Å². The van der Waals surface area contributed by atoms with Gasteiger partial charge in [-0.15, -0.1) is 0 Å². The molecular weight excluding hydrogens is 286 g/mol. The van der Waals surface area contributed by atoms with Gasteiger partial charge in [0.25, 0.3) is 0 Å². The van der Waals surface area contributed by atoms with E-state index in [1.54, 1.807) is 6.92 Å². The summed E-state index contributed by atoms with van der Waals surface area (Å²) in [6, 6.07) is 6.80. The quantitative estimate of drug-likeness (QED) is 0.712. The Morgan fingerprint density at radius 3 is 2.76 bits per heavy atom. The Labute approximate surface area is 127 Å². The van der Waals surface area contributed by atoms with Gasteiger partial charge in [0.1, 0.15) is 15.6 Å². The molecule has 1 aromatic carbocycles. The molecule has 1 fully saturated rings. The molecule has 0 spiro atoms. The van der Waals surface area contributed by atoms with Gasteiger partial charge in [-0.3, -0.25) is 0 Å². The van der Waals surface area contributed by atoms with Gasteiger partial charge in [0.15, 0.2) is 0 Å². The number of hydrogen-bond donors (Lipinski definition) is 1. The van der Waals surface area contributed by atoms with E-state index in [1.165, 1.54) is 18.4 Å². The number of aryl methyl sites for hydroxylation is 1. The van der Waals surface area contributed by atoms with Crippen molar-refractivity contribution in [2.45, 2.75) is 45.7 Å². The van der Waals surface area contributed by atoms with E-state index in [-0.39, 0.29) is 11.5 Å². The van der Waals surface area contributed by atoms with Crippen LogP contribution in [0.4, 0.5) is 0 Å². The number of hydrogen-bond acceptors (Lipinski definition) is 4. The largest absolute Gasteiger partial charge is 0.493 e. The van der Waals surface area contributed by atoms with Gasteiger partial charge in [-0.05, 0) is 32.3 Å². The topological polar surface area (TPSA) is 55.4 Å².